The van der Waals surface area contributed by atoms with Gasteiger partial charge in [-0.15, -0.1) is 0 Å². The van der Waals surface area contributed by atoms with E-state index in [0.717, 1.165) is 0 Å². The van der Waals surface area contributed by atoms with Gasteiger partial charge in [0.15, 0.2) is 0 Å². The fourth-order valence-electron chi connectivity index (χ4n) is 8.61. The maximum absolute atomic E-state index is 2.45. The highest BCUT2D eigenvalue weighted by Crippen LogP contribution is 2.55. The molecule has 0 spiro atoms. The zero-order valence-electron chi connectivity index (χ0n) is 29.0. The van der Waals surface area contributed by atoms with E-state index in [-0.39, 0.29) is 0 Å². The number of rotatable bonds is 4. The van der Waals surface area contributed by atoms with E-state index in [2.05, 4.69) is 185 Å². The molecule has 0 saturated carbocycles. The Morgan fingerprint density at radius 1 is 0.260 bits per heavy atom. The lowest BCUT2D eigenvalue weighted by Gasteiger charge is -2.27. The van der Waals surface area contributed by atoms with Crippen LogP contribution in [-0.2, 0) is 0 Å². The summed E-state index contributed by atoms with van der Waals surface area (Å²) in [5.74, 6) is 0. The summed E-state index contributed by atoms with van der Waals surface area (Å²) in [6.45, 7) is 9.10. The van der Waals surface area contributed by atoms with E-state index in [9.17, 15) is 0 Å². The molecule has 0 nitrogen and oxygen atoms in total. The van der Waals surface area contributed by atoms with Crippen molar-refractivity contribution in [3.8, 4) is 44.5 Å². The smallest absolute Gasteiger partial charge is 0.000118 e. The molecule has 0 aromatic heterocycles. The van der Waals surface area contributed by atoms with Crippen LogP contribution in [0.1, 0.15) is 22.3 Å². The summed E-state index contributed by atoms with van der Waals surface area (Å²) in [6, 6.07) is 58.5. The highest BCUT2D eigenvalue weighted by atomic mass is 14.3. The molecule has 0 bridgehead atoms. The first-order valence-electron chi connectivity index (χ1n) is 17.6. The minimum absolute atomic E-state index is 1.23. The van der Waals surface area contributed by atoms with Gasteiger partial charge in [0.1, 0.15) is 0 Å². The molecule has 9 aromatic carbocycles. The Kier molecular flexibility index (Phi) is 7.14. The van der Waals surface area contributed by atoms with Crippen molar-refractivity contribution >= 4 is 43.1 Å². The first-order valence-corrected chi connectivity index (χ1v) is 17.6. The van der Waals surface area contributed by atoms with Gasteiger partial charge in [0, 0.05) is 0 Å². The van der Waals surface area contributed by atoms with E-state index in [1.165, 1.54) is 110 Å². The summed E-state index contributed by atoms with van der Waals surface area (Å²) in [5.41, 5.74) is 15.4. The molecule has 0 unspecified atom stereocenters. The monoisotopic (exact) mass is 638 g/mol. The predicted molar refractivity (Wildman–Crippen MR) is 217 cm³/mol. The summed E-state index contributed by atoms with van der Waals surface area (Å²) in [5, 5.41) is 10.2. The van der Waals surface area contributed by atoms with Crippen LogP contribution in [0.25, 0.3) is 87.6 Å². The molecule has 9 rings (SSSR count). The predicted octanol–water partition coefficient (Wildman–Crippen LogP) is 14.2. The Morgan fingerprint density at radius 3 is 0.980 bits per heavy atom. The van der Waals surface area contributed by atoms with Gasteiger partial charge in [-0.3, -0.25) is 0 Å². The van der Waals surface area contributed by atoms with E-state index >= 15 is 0 Å². The SMILES string of the molecule is Cc1cccc(C)c1-c1c2ccccc2c(-c2c(C)cccc2C)c2c(-c3ccccc3)c3cc4ccccc4cc3c(-c3ccccc3)c12. The second-order valence-corrected chi connectivity index (χ2v) is 13.8. The van der Waals surface area contributed by atoms with Crippen LogP contribution >= 0.6 is 0 Å². The highest BCUT2D eigenvalue weighted by molar-refractivity contribution is 6.35. The largest absolute Gasteiger partial charge is 0.0622 e. The number of benzene rings is 9. The van der Waals surface area contributed by atoms with Crippen LogP contribution in [0.3, 0.4) is 0 Å². The van der Waals surface area contributed by atoms with E-state index in [1.807, 2.05) is 0 Å². The Hall–Kier alpha value is -5.98. The van der Waals surface area contributed by atoms with Crippen LogP contribution in [0.15, 0.2) is 158 Å². The lowest BCUT2D eigenvalue weighted by atomic mass is 9.75. The third-order valence-electron chi connectivity index (χ3n) is 10.7. The molecule has 0 heteroatoms. The van der Waals surface area contributed by atoms with Crippen molar-refractivity contribution in [1.82, 2.24) is 0 Å². The summed E-state index contributed by atoms with van der Waals surface area (Å²) >= 11 is 0. The molecule has 0 fully saturated rings. The minimum atomic E-state index is 1.23. The van der Waals surface area contributed by atoms with Crippen molar-refractivity contribution < 1.29 is 0 Å². The maximum atomic E-state index is 2.45. The Morgan fingerprint density at radius 2 is 0.600 bits per heavy atom. The van der Waals surface area contributed by atoms with E-state index in [0.29, 0.717) is 0 Å². The van der Waals surface area contributed by atoms with Gasteiger partial charge in [-0.1, -0.05) is 146 Å². The molecule has 0 heterocycles. The molecule has 0 saturated heterocycles. The number of hydrogen-bond donors (Lipinski definition) is 0. The highest BCUT2D eigenvalue weighted by Gasteiger charge is 2.28. The average Bonchev–Trinajstić information content (AvgIpc) is 3.14. The van der Waals surface area contributed by atoms with Crippen LogP contribution in [-0.4, -0.2) is 0 Å². The molecule has 0 aliphatic heterocycles. The molecule has 0 amide bonds. The van der Waals surface area contributed by atoms with Crippen LogP contribution in [0.5, 0.6) is 0 Å². The van der Waals surface area contributed by atoms with Gasteiger partial charge in [-0.25, -0.2) is 0 Å². The van der Waals surface area contributed by atoms with Crippen molar-refractivity contribution in [2.75, 3.05) is 0 Å². The molecule has 0 radical (unpaired) electrons. The second kappa shape index (κ2) is 11.9. The number of hydrogen-bond acceptors (Lipinski definition) is 0. The van der Waals surface area contributed by atoms with Crippen LogP contribution in [0.4, 0.5) is 0 Å². The zero-order chi connectivity index (χ0) is 33.9. The molecule has 0 aliphatic carbocycles. The molecule has 0 N–H and O–H groups in total. The van der Waals surface area contributed by atoms with Gasteiger partial charge in [0.2, 0.25) is 0 Å². The van der Waals surface area contributed by atoms with Crippen LogP contribution < -0.4 is 0 Å². The standard InChI is InChI=1S/C50H38/c1-31-17-15-18-32(2)43(31)47-39-27-13-14-28-40(39)48(44-33(3)19-16-20-34(44)4)50-46(36-23-9-6-10-24-36)42-30-38-26-12-11-25-37(38)29-41(42)45(49(47)50)35-21-7-5-8-22-35/h5-30H,1-4H3. The van der Waals surface area contributed by atoms with Gasteiger partial charge in [-0.2, -0.15) is 0 Å². The molecule has 50 heavy (non-hydrogen) atoms. The Balaban J connectivity index is 1.72. The van der Waals surface area contributed by atoms with Crippen molar-refractivity contribution in [3.63, 3.8) is 0 Å². The molecule has 238 valence electrons. The van der Waals surface area contributed by atoms with Gasteiger partial charge in [-0.05, 0) is 150 Å². The molecule has 0 atom stereocenters. The van der Waals surface area contributed by atoms with Gasteiger partial charge < -0.3 is 0 Å². The zero-order valence-corrected chi connectivity index (χ0v) is 29.0. The minimum Gasteiger partial charge on any atom is -0.0622 e. The molecule has 9 aromatic rings. The number of fused-ring (bicyclic) bond motifs is 4. The van der Waals surface area contributed by atoms with Gasteiger partial charge >= 0.3 is 0 Å². The second-order valence-electron chi connectivity index (χ2n) is 13.8. The molecule has 0 aliphatic rings. The lowest BCUT2D eigenvalue weighted by molar-refractivity contribution is 1.38. The molecular formula is C50H38. The van der Waals surface area contributed by atoms with Crippen LogP contribution in [0.2, 0.25) is 0 Å². The summed E-state index contributed by atoms with van der Waals surface area (Å²) < 4.78 is 0. The van der Waals surface area contributed by atoms with Crippen LogP contribution in [0, 0.1) is 27.7 Å². The first kappa shape index (κ1) is 30.1. The van der Waals surface area contributed by atoms with E-state index < -0.39 is 0 Å². The van der Waals surface area contributed by atoms with E-state index in [4.69, 9.17) is 0 Å². The van der Waals surface area contributed by atoms with Crippen molar-refractivity contribution in [1.29, 1.82) is 0 Å². The number of aryl methyl sites for hydroxylation is 4. The first-order chi connectivity index (χ1) is 24.5. The maximum Gasteiger partial charge on any atom is -0.000118 e. The Labute approximate surface area is 294 Å². The fraction of sp³-hybridized carbons (Fsp3) is 0.0800. The van der Waals surface area contributed by atoms with Gasteiger partial charge in [0.25, 0.3) is 0 Å². The quantitative estimate of drug-likeness (QED) is 0.168. The Bertz CT molecular complexity index is 2530. The summed E-state index contributed by atoms with van der Waals surface area (Å²) in [6.07, 6.45) is 0. The van der Waals surface area contributed by atoms with Crippen molar-refractivity contribution in [2.24, 2.45) is 0 Å². The summed E-state index contributed by atoms with van der Waals surface area (Å²) in [4.78, 5) is 0. The normalized spacial score (nSPS) is 11.6. The third kappa shape index (κ3) is 4.60. The lowest BCUT2D eigenvalue weighted by Crippen LogP contribution is -2.00. The molecular weight excluding hydrogens is 601 g/mol. The van der Waals surface area contributed by atoms with E-state index in [1.54, 1.807) is 0 Å². The topological polar surface area (TPSA) is 0 Å². The fourth-order valence-corrected chi connectivity index (χ4v) is 8.61. The van der Waals surface area contributed by atoms with Gasteiger partial charge in [0.05, 0.1) is 0 Å². The summed E-state index contributed by atoms with van der Waals surface area (Å²) in [7, 11) is 0. The van der Waals surface area contributed by atoms with Crippen molar-refractivity contribution in [3.05, 3.63) is 180 Å². The van der Waals surface area contributed by atoms with Crippen molar-refractivity contribution in [2.45, 2.75) is 27.7 Å². The third-order valence-corrected chi connectivity index (χ3v) is 10.7. The average molecular weight is 639 g/mol.